The summed E-state index contributed by atoms with van der Waals surface area (Å²) in [5, 5.41) is 16.3. The van der Waals surface area contributed by atoms with Crippen LogP contribution in [0.25, 0.3) is 6.08 Å². The number of hydrazone groups is 1. The zero-order valence-corrected chi connectivity index (χ0v) is 22.8. The maximum Gasteiger partial charge on any atom is 0.283 e. The van der Waals surface area contributed by atoms with E-state index < -0.39 is 5.91 Å². The van der Waals surface area contributed by atoms with E-state index in [0.29, 0.717) is 41.4 Å². The maximum atomic E-state index is 12.8. The van der Waals surface area contributed by atoms with E-state index in [4.69, 9.17) is 19.6 Å². The molecule has 2 aliphatic heterocycles. The number of benzene rings is 2. The third-order valence-electron chi connectivity index (χ3n) is 6.92. The number of methoxy groups -OCH3 is 1. The zero-order valence-electron chi connectivity index (χ0n) is 22.0. The van der Waals surface area contributed by atoms with Crippen LogP contribution in [0.3, 0.4) is 0 Å². The normalized spacial score (nSPS) is 18.8. The van der Waals surface area contributed by atoms with Gasteiger partial charge < -0.3 is 14.2 Å². The van der Waals surface area contributed by atoms with Gasteiger partial charge in [0.25, 0.3) is 5.91 Å². The minimum absolute atomic E-state index is 0.0428. The highest BCUT2D eigenvalue weighted by Gasteiger charge is 2.38. The minimum atomic E-state index is -0.434. The molecule has 0 atom stereocenters. The van der Waals surface area contributed by atoms with Crippen LogP contribution in [0.1, 0.15) is 48.8 Å². The molecule has 1 N–H and O–H groups in total. The van der Waals surface area contributed by atoms with Crippen molar-refractivity contribution in [2.45, 2.75) is 46.0 Å². The van der Waals surface area contributed by atoms with Gasteiger partial charge in [0.15, 0.2) is 17.3 Å². The Morgan fingerprint density at radius 3 is 2.53 bits per heavy atom. The van der Waals surface area contributed by atoms with E-state index in [0.717, 1.165) is 34.8 Å². The van der Waals surface area contributed by atoms with E-state index in [9.17, 15) is 4.79 Å². The molecule has 2 aromatic carbocycles. The minimum Gasteiger partial charge on any atom is -0.493 e. The number of hydrogen-bond donors (Lipinski definition) is 1. The number of nitrogens with zero attached hydrogens (tertiary/aromatic N) is 3. The first-order chi connectivity index (χ1) is 18.4. The number of fused-ring (bicyclic) bond motifs is 1. The lowest BCUT2D eigenvalue weighted by molar-refractivity contribution is -0.114. The molecule has 1 aliphatic carbocycles. The predicted octanol–water partition coefficient (Wildman–Crippen LogP) is 5.97. The second-order valence-corrected chi connectivity index (χ2v) is 10.6. The van der Waals surface area contributed by atoms with Crippen LogP contribution in [0.15, 0.2) is 52.1 Å². The zero-order chi connectivity index (χ0) is 26.6. The molecular weight excluding hydrogens is 500 g/mol. The molecule has 3 aliphatic rings. The number of nitrogens with one attached hydrogen (secondary N) is 1. The lowest BCUT2D eigenvalue weighted by Gasteiger charge is -2.20. The standard InChI is InChI=1S/C29H32N4O4S/c1-18-8-7-9-19(2)25(18)37-15-14-36-23-13-12-20(17-24(23)35-3)16-22-26(30)33-29(31-27(22)34)38-28(32-33)21-10-5-4-6-11-21/h7-9,12-13,16-17,21,30H,4-6,10-11,14-15H2,1-3H3. The third kappa shape index (κ3) is 5.48. The fourth-order valence-corrected chi connectivity index (χ4v) is 5.96. The highest BCUT2D eigenvalue weighted by Crippen LogP contribution is 2.36. The summed E-state index contributed by atoms with van der Waals surface area (Å²) in [5.41, 5.74) is 3.07. The number of carbonyl (C=O) groups is 1. The van der Waals surface area contributed by atoms with E-state index in [2.05, 4.69) is 10.1 Å². The van der Waals surface area contributed by atoms with Crippen molar-refractivity contribution in [1.29, 1.82) is 5.41 Å². The molecule has 9 heteroatoms. The van der Waals surface area contributed by atoms with Crippen LogP contribution in [0.2, 0.25) is 0 Å². The molecule has 0 spiro atoms. The number of thioether (sulfide) groups is 1. The summed E-state index contributed by atoms with van der Waals surface area (Å²) >= 11 is 1.42. The molecule has 2 aromatic rings. The number of aliphatic imine (C=N–C) groups is 1. The molecule has 2 heterocycles. The Balaban J connectivity index is 1.26. The summed E-state index contributed by atoms with van der Waals surface area (Å²) in [5.74, 6) is 1.97. The largest absolute Gasteiger partial charge is 0.493 e. The number of ether oxygens (including phenoxy) is 3. The highest BCUT2D eigenvalue weighted by molar-refractivity contribution is 8.27. The number of aryl methyl sites for hydroxylation is 2. The van der Waals surface area contributed by atoms with Crippen molar-refractivity contribution in [3.63, 3.8) is 0 Å². The van der Waals surface area contributed by atoms with Crippen LogP contribution in [0.5, 0.6) is 17.2 Å². The second-order valence-electron chi connectivity index (χ2n) is 9.62. The van der Waals surface area contributed by atoms with Crippen molar-refractivity contribution < 1.29 is 19.0 Å². The monoisotopic (exact) mass is 532 g/mol. The van der Waals surface area contributed by atoms with Crippen LogP contribution < -0.4 is 14.2 Å². The fourth-order valence-electron chi connectivity index (χ4n) is 4.90. The van der Waals surface area contributed by atoms with Crippen LogP contribution in [-0.2, 0) is 4.79 Å². The van der Waals surface area contributed by atoms with Gasteiger partial charge in [-0.3, -0.25) is 10.2 Å². The Morgan fingerprint density at radius 2 is 1.79 bits per heavy atom. The first-order valence-corrected chi connectivity index (χ1v) is 13.8. The Hall–Kier alpha value is -3.59. The Bertz CT molecular complexity index is 1320. The van der Waals surface area contributed by atoms with Crippen molar-refractivity contribution in [3.05, 3.63) is 58.7 Å². The Labute approximate surface area is 227 Å². The number of hydrogen-bond acceptors (Lipinski definition) is 7. The Morgan fingerprint density at radius 1 is 1.05 bits per heavy atom. The molecule has 0 bridgehead atoms. The average Bonchev–Trinajstić information content (AvgIpc) is 3.35. The number of amidine groups is 2. The average molecular weight is 533 g/mol. The number of para-hydroxylation sites is 1. The first-order valence-electron chi connectivity index (χ1n) is 12.9. The third-order valence-corrected chi connectivity index (χ3v) is 7.99. The molecule has 5 rings (SSSR count). The van der Waals surface area contributed by atoms with Gasteiger partial charge in [0, 0.05) is 5.92 Å². The van der Waals surface area contributed by atoms with E-state index in [1.165, 1.54) is 36.0 Å². The summed E-state index contributed by atoms with van der Waals surface area (Å²) in [6, 6.07) is 11.5. The summed E-state index contributed by atoms with van der Waals surface area (Å²) in [4.78, 5) is 17.1. The molecule has 0 radical (unpaired) electrons. The van der Waals surface area contributed by atoms with Crippen LogP contribution >= 0.6 is 11.8 Å². The summed E-state index contributed by atoms with van der Waals surface area (Å²) < 4.78 is 17.4. The van der Waals surface area contributed by atoms with Crippen molar-refractivity contribution in [2.24, 2.45) is 16.0 Å². The molecule has 0 aromatic heterocycles. The van der Waals surface area contributed by atoms with Gasteiger partial charge in [-0.15, -0.1) is 0 Å². The van der Waals surface area contributed by atoms with E-state index >= 15 is 0 Å². The second kappa shape index (κ2) is 11.4. The van der Waals surface area contributed by atoms with Crippen molar-refractivity contribution in [2.75, 3.05) is 20.3 Å². The van der Waals surface area contributed by atoms with Gasteiger partial charge in [0.2, 0.25) is 5.17 Å². The van der Waals surface area contributed by atoms with Crippen LogP contribution in [-0.4, -0.2) is 47.3 Å². The van der Waals surface area contributed by atoms with Crippen LogP contribution in [0, 0.1) is 25.2 Å². The molecule has 1 fully saturated rings. The lowest BCUT2D eigenvalue weighted by atomic mass is 9.90. The maximum absolute atomic E-state index is 12.8. The molecule has 8 nitrogen and oxygen atoms in total. The van der Waals surface area contributed by atoms with Crippen molar-refractivity contribution in [3.8, 4) is 17.2 Å². The van der Waals surface area contributed by atoms with Gasteiger partial charge in [0.05, 0.1) is 12.7 Å². The van der Waals surface area contributed by atoms with Gasteiger partial charge in [-0.25, -0.2) is 0 Å². The highest BCUT2D eigenvalue weighted by atomic mass is 32.2. The smallest absolute Gasteiger partial charge is 0.283 e. The van der Waals surface area contributed by atoms with Gasteiger partial charge >= 0.3 is 0 Å². The van der Waals surface area contributed by atoms with Crippen molar-refractivity contribution >= 4 is 39.8 Å². The van der Waals surface area contributed by atoms with Gasteiger partial charge in [0.1, 0.15) is 24.0 Å². The topological polar surface area (TPSA) is 96.6 Å². The summed E-state index contributed by atoms with van der Waals surface area (Å²) in [6.07, 6.45) is 7.50. The summed E-state index contributed by atoms with van der Waals surface area (Å²) in [6.45, 7) is 4.78. The summed E-state index contributed by atoms with van der Waals surface area (Å²) in [7, 11) is 1.57. The van der Waals surface area contributed by atoms with Gasteiger partial charge in [-0.1, -0.05) is 43.5 Å². The number of rotatable bonds is 8. The molecule has 1 saturated carbocycles. The SMILES string of the molecule is COc1cc(C=C2C(=N)N3N=C(C4CCCCC4)SC3=NC2=O)ccc1OCCOc1c(C)cccc1C. The van der Waals surface area contributed by atoms with E-state index in [1.54, 1.807) is 25.3 Å². The predicted molar refractivity (Wildman–Crippen MR) is 151 cm³/mol. The van der Waals surface area contributed by atoms with E-state index in [1.807, 2.05) is 38.1 Å². The van der Waals surface area contributed by atoms with Crippen molar-refractivity contribution in [1.82, 2.24) is 5.01 Å². The molecule has 0 saturated heterocycles. The van der Waals surface area contributed by atoms with Gasteiger partial charge in [-0.2, -0.15) is 15.1 Å². The quantitative estimate of drug-likeness (QED) is 0.332. The Kier molecular flexibility index (Phi) is 7.83. The molecule has 198 valence electrons. The lowest BCUT2D eigenvalue weighted by Crippen LogP contribution is -2.35. The van der Waals surface area contributed by atoms with E-state index in [-0.39, 0.29) is 11.4 Å². The number of carbonyl (C=O) groups excluding carboxylic acids is 1. The fraction of sp³-hybridized carbons (Fsp3) is 0.379. The molecule has 1 amide bonds. The number of amides is 1. The molecule has 38 heavy (non-hydrogen) atoms. The first kappa shape index (κ1) is 26.0. The molecular formula is C29H32N4O4S. The van der Waals surface area contributed by atoms with Gasteiger partial charge in [-0.05, 0) is 73.4 Å². The van der Waals surface area contributed by atoms with Crippen LogP contribution in [0.4, 0.5) is 0 Å². The molecule has 0 unspecified atom stereocenters.